The first kappa shape index (κ1) is 17.8. The summed E-state index contributed by atoms with van der Waals surface area (Å²) in [4.78, 5) is 6.72. The van der Waals surface area contributed by atoms with Crippen LogP contribution in [0.15, 0.2) is 36.7 Å². The number of benzene rings is 1. The highest BCUT2D eigenvalue weighted by molar-refractivity contribution is 5.85. The van der Waals surface area contributed by atoms with Crippen LogP contribution in [0.1, 0.15) is 17.2 Å². The number of hydrogen-bond donors (Lipinski definition) is 1. The second-order valence-electron chi connectivity index (χ2n) is 5.99. The third kappa shape index (κ3) is 3.66. The van der Waals surface area contributed by atoms with Gasteiger partial charge in [-0.2, -0.15) is 0 Å². The number of pyridine rings is 1. The lowest BCUT2D eigenvalue weighted by molar-refractivity contribution is 0.151. The summed E-state index contributed by atoms with van der Waals surface area (Å²) in [6.07, 6.45) is 3.76. The Kier molecular flexibility index (Phi) is 5.63. The predicted octanol–water partition coefficient (Wildman–Crippen LogP) is 2.39. The fraction of sp³-hybridized carbons (Fsp3) is 0.389. The molecule has 2 aliphatic heterocycles. The Morgan fingerprint density at radius 2 is 2.16 bits per heavy atom. The quantitative estimate of drug-likeness (QED) is 0.900. The van der Waals surface area contributed by atoms with Crippen molar-refractivity contribution >= 4 is 12.4 Å². The van der Waals surface area contributed by atoms with Crippen LogP contribution in [-0.4, -0.2) is 43.4 Å². The zero-order chi connectivity index (χ0) is 16.4. The number of rotatable bonds is 4. The van der Waals surface area contributed by atoms with E-state index in [1.54, 1.807) is 7.11 Å². The molecule has 3 heterocycles. The molecule has 0 spiro atoms. The van der Waals surface area contributed by atoms with Crippen LogP contribution >= 0.6 is 12.4 Å². The Hall–Kier alpha value is -2.02. The molecule has 0 aliphatic carbocycles. The number of nitrogens with one attached hydrogen (secondary N) is 1. The number of ether oxygens (including phenoxy) is 3. The van der Waals surface area contributed by atoms with Crippen LogP contribution in [-0.2, 0) is 6.54 Å². The molecule has 1 fully saturated rings. The number of methoxy groups -OCH3 is 1. The maximum absolute atomic E-state index is 5.56. The first-order valence-electron chi connectivity index (χ1n) is 8.16. The van der Waals surface area contributed by atoms with Crippen LogP contribution in [0.2, 0.25) is 0 Å². The van der Waals surface area contributed by atoms with Crippen LogP contribution in [0, 0.1) is 0 Å². The second kappa shape index (κ2) is 7.91. The van der Waals surface area contributed by atoms with E-state index in [9.17, 15) is 0 Å². The van der Waals surface area contributed by atoms with Gasteiger partial charge in [-0.3, -0.25) is 9.88 Å². The normalized spacial score (nSPS) is 19.3. The summed E-state index contributed by atoms with van der Waals surface area (Å²) < 4.78 is 16.5. The molecule has 134 valence electrons. The minimum atomic E-state index is 0. The molecule has 25 heavy (non-hydrogen) atoms. The highest BCUT2D eigenvalue weighted by Gasteiger charge is 2.26. The minimum absolute atomic E-state index is 0. The third-order valence-electron chi connectivity index (χ3n) is 4.57. The van der Waals surface area contributed by atoms with Gasteiger partial charge in [0.15, 0.2) is 11.5 Å². The molecule has 4 rings (SSSR count). The van der Waals surface area contributed by atoms with Gasteiger partial charge in [0.2, 0.25) is 6.79 Å². The van der Waals surface area contributed by atoms with Crippen LogP contribution in [0.3, 0.4) is 0 Å². The SMILES string of the molecule is COc1cc2c(cc1CN1CCNCC1c1cccnc1)OCO2.Cl. The summed E-state index contributed by atoms with van der Waals surface area (Å²) in [7, 11) is 1.69. The number of piperazine rings is 1. The molecule has 1 N–H and O–H groups in total. The molecular formula is C18H22ClN3O3. The summed E-state index contributed by atoms with van der Waals surface area (Å²) in [6.45, 7) is 3.92. The van der Waals surface area contributed by atoms with E-state index in [0.717, 1.165) is 49.0 Å². The molecule has 1 atom stereocenters. The Morgan fingerprint density at radius 1 is 1.32 bits per heavy atom. The number of fused-ring (bicyclic) bond motifs is 1. The summed E-state index contributed by atoms with van der Waals surface area (Å²) in [5.41, 5.74) is 2.34. The molecule has 7 heteroatoms. The maximum Gasteiger partial charge on any atom is 0.231 e. The van der Waals surface area contributed by atoms with Crippen molar-refractivity contribution in [3.8, 4) is 17.2 Å². The lowest BCUT2D eigenvalue weighted by Crippen LogP contribution is -2.45. The van der Waals surface area contributed by atoms with Gasteiger partial charge in [-0.15, -0.1) is 12.4 Å². The van der Waals surface area contributed by atoms with Gasteiger partial charge in [0.05, 0.1) is 7.11 Å². The first-order chi connectivity index (χ1) is 11.8. The monoisotopic (exact) mass is 363 g/mol. The van der Waals surface area contributed by atoms with Gasteiger partial charge in [0.1, 0.15) is 5.75 Å². The van der Waals surface area contributed by atoms with Crippen molar-refractivity contribution in [3.05, 3.63) is 47.8 Å². The van der Waals surface area contributed by atoms with Gasteiger partial charge in [-0.25, -0.2) is 0 Å². The van der Waals surface area contributed by atoms with Crippen LogP contribution in [0.4, 0.5) is 0 Å². The fourth-order valence-corrected chi connectivity index (χ4v) is 3.34. The van der Waals surface area contributed by atoms with Crippen molar-refractivity contribution in [1.82, 2.24) is 15.2 Å². The van der Waals surface area contributed by atoms with Crippen molar-refractivity contribution in [1.29, 1.82) is 0 Å². The Labute approximate surface area is 153 Å². The zero-order valence-corrected chi connectivity index (χ0v) is 14.9. The molecular weight excluding hydrogens is 342 g/mol. The lowest BCUT2D eigenvalue weighted by atomic mass is 10.0. The van der Waals surface area contributed by atoms with Gasteiger partial charge in [-0.1, -0.05) is 6.07 Å². The molecule has 2 aromatic rings. The Morgan fingerprint density at radius 3 is 2.92 bits per heavy atom. The van der Waals surface area contributed by atoms with Gasteiger partial charge in [-0.05, 0) is 17.7 Å². The average molecular weight is 364 g/mol. The lowest BCUT2D eigenvalue weighted by Gasteiger charge is -2.36. The smallest absolute Gasteiger partial charge is 0.231 e. The van der Waals surface area contributed by atoms with E-state index >= 15 is 0 Å². The van der Waals surface area contributed by atoms with E-state index in [0.29, 0.717) is 6.04 Å². The van der Waals surface area contributed by atoms with E-state index in [1.165, 1.54) is 5.56 Å². The largest absolute Gasteiger partial charge is 0.496 e. The molecule has 1 unspecified atom stereocenters. The molecule has 0 amide bonds. The predicted molar refractivity (Wildman–Crippen MR) is 96.6 cm³/mol. The van der Waals surface area contributed by atoms with Crippen molar-refractivity contribution in [2.45, 2.75) is 12.6 Å². The van der Waals surface area contributed by atoms with Crippen molar-refractivity contribution in [2.75, 3.05) is 33.5 Å². The molecule has 0 saturated carbocycles. The maximum atomic E-state index is 5.56. The Balaban J connectivity index is 0.00000182. The van der Waals surface area contributed by atoms with E-state index in [4.69, 9.17) is 14.2 Å². The number of halogens is 1. The van der Waals surface area contributed by atoms with Gasteiger partial charge < -0.3 is 19.5 Å². The first-order valence-corrected chi connectivity index (χ1v) is 8.16. The van der Waals surface area contributed by atoms with Crippen molar-refractivity contribution < 1.29 is 14.2 Å². The van der Waals surface area contributed by atoms with Crippen LogP contribution in [0.5, 0.6) is 17.2 Å². The fourth-order valence-electron chi connectivity index (χ4n) is 3.34. The summed E-state index contributed by atoms with van der Waals surface area (Å²) >= 11 is 0. The molecule has 6 nitrogen and oxygen atoms in total. The van der Waals surface area contributed by atoms with Crippen molar-refractivity contribution in [2.24, 2.45) is 0 Å². The molecule has 1 saturated heterocycles. The standard InChI is InChI=1S/C18H21N3O3.ClH/c1-22-16-8-18-17(23-12-24-18)7-14(16)11-21-6-5-20-10-15(21)13-3-2-4-19-9-13;/h2-4,7-9,15,20H,5-6,10-12H2,1H3;1H. The minimum Gasteiger partial charge on any atom is -0.496 e. The topological polar surface area (TPSA) is 55.9 Å². The molecule has 0 radical (unpaired) electrons. The average Bonchev–Trinajstić information content (AvgIpc) is 3.09. The van der Waals surface area contributed by atoms with E-state index < -0.39 is 0 Å². The second-order valence-corrected chi connectivity index (χ2v) is 5.99. The highest BCUT2D eigenvalue weighted by atomic mass is 35.5. The van der Waals surface area contributed by atoms with E-state index in [2.05, 4.69) is 21.3 Å². The van der Waals surface area contributed by atoms with E-state index in [-0.39, 0.29) is 19.2 Å². The highest BCUT2D eigenvalue weighted by Crippen LogP contribution is 2.39. The summed E-state index contributed by atoms with van der Waals surface area (Å²) in [5, 5.41) is 3.47. The molecule has 1 aromatic carbocycles. The number of hydrogen-bond acceptors (Lipinski definition) is 6. The molecule has 2 aliphatic rings. The number of aromatic nitrogens is 1. The number of nitrogens with zero attached hydrogens (tertiary/aromatic N) is 2. The zero-order valence-electron chi connectivity index (χ0n) is 14.1. The summed E-state index contributed by atoms with van der Waals surface area (Å²) in [5.74, 6) is 2.38. The van der Waals surface area contributed by atoms with Gasteiger partial charge >= 0.3 is 0 Å². The molecule has 1 aromatic heterocycles. The van der Waals surface area contributed by atoms with Gasteiger partial charge in [0, 0.05) is 56.2 Å². The van der Waals surface area contributed by atoms with E-state index in [1.807, 2.05) is 30.6 Å². The molecule has 0 bridgehead atoms. The van der Waals surface area contributed by atoms with Crippen LogP contribution in [0.25, 0.3) is 0 Å². The van der Waals surface area contributed by atoms with Gasteiger partial charge in [0.25, 0.3) is 0 Å². The summed E-state index contributed by atoms with van der Waals surface area (Å²) in [6, 6.07) is 8.36. The Bertz CT molecular complexity index is 714. The van der Waals surface area contributed by atoms with Crippen molar-refractivity contribution in [3.63, 3.8) is 0 Å². The van der Waals surface area contributed by atoms with Crippen LogP contribution < -0.4 is 19.5 Å². The third-order valence-corrected chi connectivity index (χ3v) is 4.57.